The van der Waals surface area contributed by atoms with Crippen LogP contribution in [0.3, 0.4) is 0 Å². The molecule has 0 aromatic carbocycles. The lowest BCUT2D eigenvalue weighted by Gasteiger charge is -2.04. The topological polar surface area (TPSA) is 12.0 Å². The van der Waals surface area contributed by atoms with Crippen molar-refractivity contribution in [2.24, 2.45) is 0 Å². The van der Waals surface area contributed by atoms with Crippen LogP contribution in [-0.4, -0.2) is 19.3 Å². The summed E-state index contributed by atoms with van der Waals surface area (Å²) in [6, 6.07) is 0. The third-order valence-electron chi connectivity index (χ3n) is 0.614. The van der Waals surface area contributed by atoms with Crippen molar-refractivity contribution in [1.82, 2.24) is 5.32 Å². The predicted molar refractivity (Wildman–Crippen MR) is 29.1 cm³/mol. The molecule has 0 saturated heterocycles. The van der Waals surface area contributed by atoms with E-state index in [2.05, 4.69) is 11.9 Å². The summed E-state index contributed by atoms with van der Waals surface area (Å²) in [4.78, 5) is 0. The molecule has 0 aliphatic carbocycles. The molecule has 9 heavy (non-hydrogen) atoms. The molecule has 0 spiro atoms. The van der Waals surface area contributed by atoms with Crippen LogP contribution in [0.5, 0.6) is 0 Å². The van der Waals surface area contributed by atoms with Crippen LogP contribution in [0.4, 0.5) is 13.2 Å². The molecule has 1 nitrogen and oxygen atoms in total. The van der Waals surface area contributed by atoms with E-state index in [-0.39, 0.29) is 6.54 Å². The molecule has 0 fully saturated rings. The zero-order chi connectivity index (χ0) is 7.33. The predicted octanol–water partition coefficient (Wildman–Crippen LogP) is 1.32. The summed E-state index contributed by atoms with van der Waals surface area (Å²) < 4.78 is 33.8. The van der Waals surface area contributed by atoms with E-state index in [0.717, 1.165) is 0 Å². The van der Waals surface area contributed by atoms with Gasteiger partial charge in [0, 0.05) is 6.54 Å². The first-order chi connectivity index (χ1) is 4.06. The average molecular weight is 139 g/mol. The molecule has 0 saturated carbocycles. The van der Waals surface area contributed by atoms with Crippen LogP contribution in [0.15, 0.2) is 12.7 Å². The van der Waals surface area contributed by atoms with Crippen LogP contribution in [0, 0.1) is 0 Å². The first-order valence-corrected chi connectivity index (χ1v) is 2.44. The lowest BCUT2D eigenvalue weighted by atomic mass is 10.5. The normalized spacial score (nSPS) is 11.4. The Balaban J connectivity index is 3.17. The Kier molecular flexibility index (Phi) is 3.30. The molecule has 0 aromatic heterocycles. The summed E-state index contributed by atoms with van der Waals surface area (Å²) in [5, 5.41) is 2.13. The Hall–Kier alpha value is -0.510. The third-order valence-corrected chi connectivity index (χ3v) is 0.614. The number of hydrogen-bond donors (Lipinski definition) is 1. The Morgan fingerprint density at radius 3 is 2.33 bits per heavy atom. The van der Waals surface area contributed by atoms with Crippen LogP contribution in [-0.2, 0) is 0 Å². The highest BCUT2D eigenvalue weighted by atomic mass is 19.4. The van der Waals surface area contributed by atoms with E-state index in [4.69, 9.17) is 0 Å². The van der Waals surface area contributed by atoms with Crippen LogP contribution in [0.2, 0.25) is 0 Å². The van der Waals surface area contributed by atoms with Gasteiger partial charge in [0.1, 0.15) is 0 Å². The van der Waals surface area contributed by atoms with E-state index >= 15 is 0 Å². The van der Waals surface area contributed by atoms with Gasteiger partial charge in [-0.1, -0.05) is 6.08 Å². The van der Waals surface area contributed by atoms with Gasteiger partial charge >= 0.3 is 6.18 Å². The van der Waals surface area contributed by atoms with Crippen LogP contribution in [0.25, 0.3) is 0 Å². The minimum Gasteiger partial charge on any atom is -0.305 e. The maximum Gasteiger partial charge on any atom is 0.401 e. The summed E-state index contributed by atoms with van der Waals surface area (Å²) in [6.45, 7) is 2.50. The minimum atomic E-state index is -4.11. The van der Waals surface area contributed by atoms with E-state index in [9.17, 15) is 13.2 Å². The van der Waals surface area contributed by atoms with E-state index in [1.807, 2.05) is 0 Å². The van der Waals surface area contributed by atoms with Crippen molar-refractivity contribution in [3.8, 4) is 0 Å². The molecule has 54 valence electrons. The molecule has 4 heteroatoms. The Bertz CT molecular complexity index is 86.7. The molecule has 0 amide bonds. The molecule has 0 aromatic rings. The van der Waals surface area contributed by atoms with Gasteiger partial charge in [0.2, 0.25) is 0 Å². The molecule has 0 radical (unpaired) electrons. The first-order valence-electron chi connectivity index (χ1n) is 2.44. The zero-order valence-corrected chi connectivity index (χ0v) is 4.83. The molecule has 0 aliphatic rings. The SMILES string of the molecule is C=CCNCC(F)(F)F. The van der Waals surface area contributed by atoms with Crippen molar-refractivity contribution in [1.29, 1.82) is 0 Å². The van der Waals surface area contributed by atoms with E-state index in [0.29, 0.717) is 0 Å². The largest absolute Gasteiger partial charge is 0.401 e. The van der Waals surface area contributed by atoms with Crippen LogP contribution < -0.4 is 5.32 Å². The first kappa shape index (κ1) is 8.49. The fourth-order valence-corrected chi connectivity index (χ4v) is 0.316. The van der Waals surface area contributed by atoms with Crippen molar-refractivity contribution in [2.45, 2.75) is 6.18 Å². The Morgan fingerprint density at radius 2 is 2.00 bits per heavy atom. The quantitative estimate of drug-likeness (QED) is 0.459. The van der Waals surface area contributed by atoms with E-state index in [1.54, 1.807) is 0 Å². The molecular formula is C5H8F3N. The second-order valence-electron chi connectivity index (χ2n) is 1.53. The highest BCUT2D eigenvalue weighted by Crippen LogP contribution is 2.11. The summed E-state index contributed by atoms with van der Waals surface area (Å²) in [6.07, 6.45) is -2.73. The summed E-state index contributed by atoms with van der Waals surface area (Å²) in [5.74, 6) is 0. The minimum absolute atomic E-state index is 0.194. The van der Waals surface area contributed by atoms with Gasteiger partial charge in [0.25, 0.3) is 0 Å². The van der Waals surface area contributed by atoms with Crippen LogP contribution >= 0.6 is 0 Å². The standard InChI is InChI=1S/C5H8F3N/c1-2-3-9-4-5(6,7)8/h2,9H,1,3-4H2. The summed E-state index contributed by atoms with van der Waals surface area (Å²) >= 11 is 0. The zero-order valence-electron chi connectivity index (χ0n) is 4.83. The molecule has 1 N–H and O–H groups in total. The average Bonchev–Trinajstić information content (AvgIpc) is 1.63. The van der Waals surface area contributed by atoms with Gasteiger partial charge in [-0.15, -0.1) is 6.58 Å². The monoisotopic (exact) mass is 139 g/mol. The second kappa shape index (κ2) is 3.50. The van der Waals surface area contributed by atoms with E-state index < -0.39 is 12.7 Å². The maximum absolute atomic E-state index is 11.3. The van der Waals surface area contributed by atoms with Crippen molar-refractivity contribution < 1.29 is 13.2 Å². The highest BCUT2D eigenvalue weighted by molar-refractivity contribution is 4.70. The van der Waals surface area contributed by atoms with Crippen molar-refractivity contribution in [2.75, 3.05) is 13.1 Å². The van der Waals surface area contributed by atoms with Gasteiger partial charge in [0.05, 0.1) is 6.54 Å². The second-order valence-corrected chi connectivity index (χ2v) is 1.53. The summed E-state index contributed by atoms with van der Waals surface area (Å²) in [5.41, 5.74) is 0. The van der Waals surface area contributed by atoms with Crippen LogP contribution in [0.1, 0.15) is 0 Å². The number of halogens is 3. The van der Waals surface area contributed by atoms with Crippen molar-refractivity contribution >= 4 is 0 Å². The van der Waals surface area contributed by atoms with E-state index in [1.165, 1.54) is 6.08 Å². The molecule has 0 atom stereocenters. The van der Waals surface area contributed by atoms with Crippen molar-refractivity contribution in [3.63, 3.8) is 0 Å². The molecule has 0 aliphatic heterocycles. The number of nitrogens with one attached hydrogen (secondary N) is 1. The van der Waals surface area contributed by atoms with Gasteiger partial charge < -0.3 is 5.32 Å². The summed E-state index contributed by atoms with van der Waals surface area (Å²) in [7, 11) is 0. The number of alkyl halides is 3. The fraction of sp³-hybridized carbons (Fsp3) is 0.600. The highest BCUT2D eigenvalue weighted by Gasteiger charge is 2.25. The van der Waals surface area contributed by atoms with Gasteiger partial charge in [-0.05, 0) is 0 Å². The van der Waals surface area contributed by atoms with Crippen molar-refractivity contribution in [3.05, 3.63) is 12.7 Å². The van der Waals surface area contributed by atoms with Gasteiger partial charge in [-0.3, -0.25) is 0 Å². The third kappa shape index (κ3) is 7.49. The molecule has 0 unspecified atom stereocenters. The molecule has 0 heterocycles. The van der Waals surface area contributed by atoms with Gasteiger partial charge in [0.15, 0.2) is 0 Å². The Morgan fingerprint density at radius 1 is 1.44 bits per heavy atom. The number of hydrogen-bond acceptors (Lipinski definition) is 1. The van der Waals surface area contributed by atoms with Gasteiger partial charge in [-0.2, -0.15) is 13.2 Å². The van der Waals surface area contributed by atoms with Gasteiger partial charge in [-0.25, -0.2) is 0 Å². The smallest absolute Gasteiger partial charge is 0.305 e. The molecule has 0 bridgehead atoms. The lowest BCUT2D eigenvalue weighted by molar-refractivity contribution is -0.124. The fourth-order valence-electron chi connectivity index (χ4n) is 0.316. The maximum atomic E-state index is 11.3. The lowest BCUT2D eigenvalue weighted by Crippen LogP contribution is -2.28. The number of rotatable bonds is 3. The molecule has 0 rings (SSSR count). The Labute approximate surface area is 51.6 Å². The molecular weight excluding hydrogens is 131 g/mol.